The van der Waals surface area contributed by atoms with Crippen LogP contribution in [0.1, 0.15) is 25.0 Å². The fourth-order valence-corrected chi connectivity index (χ4v) is 1.36. The Balaban J connectivity index is 2.87. The van der Waals surface area contributed by atoms with Crippen molar-refractivity contribution in [3.8, 4) is 0 Å². The van der Waals surface area contributed by atoms with Gasteiger partial charge in [0.05, 0.1) is 0 Å². The Morgan fingerprint density at radius 3 is 2.50 bits per heavy atom. The van der Waals surface area contributed by atoms with Crippen molar-refractivity contribution in [2.75, 3.05) is 7.05 Å². The number of hydrogen-bond donors (Lipinski definition) is 1. The van der Waals surface area contributed by atoms with E-state index in [2.05, 4.69) is 19.2 Å². The number of rotatable bonds is 3. The van der Waals surface area contributed by atoms with E-state index in [9.17, 15) is 4.39 Å². The summed E-state index contributed by atoms with van der Waals surface area (Å²) in [4.78, 5) is 0. The van der Waals surface area contributed by atoms with Crippen molar-refractivity contribution in [2.45, 2.75) is 32.7 Å². The minimum Gasteiger partial charge on any atom is -0.314 e. The van der Waals surface area contributed by atoms with Gasteiger partial charge >= 0.3 is 0 Å². The van der Waals surface area contributed by atoms with E-state index < -0.39 is 0 Å². The molecule has 0 aliphatic carbocycles. The van der Waals surface area contributed by atoms with E-state index in [1.54, 1.807) is 6.07 Å². The molecule has 0 bridgehead atoms. The molecule has 0 unspecified atom stereocenters. The maximum Gasteiger partial charge on any atom is 0.126 e. The van der Waals surface area contributed by atoms with Crippen LogP contribution in [0.5, 0.6) is 0 Å². The van der Waals surface area contributed by atoms with Gasteiger partial charge in [0.15, 0.2) is 0 Å². The summed E-state index contributed by atoms with van der Waals surface area (Å²) in [7, 11) is 1.89. The molecule has 2 heteroatoms. The molecule has 78 valence electrons. The number of nitrogens with one attached hydrogen (secondary N) is 1. The molecule has 1 nitrogen and oxygen atoms in total. The first-order valence-corrected chi connectivity index (χ1v) is 4.88. The van der Waals surface area contributed by atoms with Gasteiger partial charge in [0.25, 0.3) is 0 Å². The summed E-state index contributed by atoms with van der Waals surface area (Å²) in [5.74, 6) is -0.103. The molecule has 0 saturated heterocycles. The number of aryl methyl sites for hydroxylation is 1. The minimum atomic E-state index is -0.103. The van der Waals surface area contributed by atoms with Crippen LogP contribution in [-0.4, -0.2) is 12.6 Å². The van der Waals surface area contributed by atoms with Gasteiger partial charge in [0.2, 0.25) is 0 Å². The van der Waals surface area contributed by atoms with Gasteiger partial charge < -0.3 is 5.32 Å². The highest BCUT2D eigenvalue weighted by molar-refractivity contribution is 5.24. The van der Waals surface area contributed by atoms with Crippen molar-refractivity contribution in [2.24, 2.45) is 0 Å². The van der Waals surface area contributed by atoms with Crippen LogP contribution in [0.3, 0.4) is 0 Å². The molecule has 0 aliphatic heterocycles. The first kappa shape index (κ1) is 11.2. The Kier molecular flexibility index (Phi) is 3.27. The molecular formula is C12H18FN. The van der Waals surface area contributed by atoms with E-state index in [4.69, 9.17) is 0 Å². The van der Waals surface area contributed by atoms with E-state index in [0.29, 0.717) is 6.42 Å². The molecule has 0 aliphatic rings. The first-order chi connectivity index (χ1) is 6.44. The average Bonchev–Trinajstić information content (AvgIpc) is 2.10. The summed E-state index contributed by atoms with van der Waals surface area (Å²) in [6.07, 6.45) is 0.704. The number of hydrogen-bond acceptors (Lipinski definition) is 1. The lowest BCUT2D eigenvalue weighted by molar-refractivity contribution is 0.414. The molecule has 0 heterocycles. The normalized spacial score (nSPS) is 11.8. The highest BCUT2D eigenvalue weighted by Gasteiger charge is 2.17. The van der Waals surface area contributed by atoms with Gasteiger partial charge in [-0.2, -0.15) is 0 Å². The number of benzene rings is 1. The molecule has 0 fully saturated rings. The summed E-state index contributed by atoms with van der Waals surface area (Å²) in [5.41, 5.74) is 1.68. The van der Waals surface area contributed by atoms with Gasteiger partial charge in [-0.25, -0.2) is 4.39 Å². The molecule has 1 rings (SSSR count). The first-order valence-electron chi connectivity index (χ1n) is 4.88. The van der Waals surface area contributed by atoms with E-state index in [0.717, 1.165) is 11.1 Å². The number of halogens is 1. The van der Waals surface area contributed by atoms with Crippen molar-refractivity contribution < 1.29 is 4.39 Å². The van der Waals surface area contributed by atoms with Gasteiger partial charge in [0.1, 0.15) is 5.82 Å². The quantitative estimate of drug-likeness (QED) is 0.782. The third-order valence-electron chi connectivity index (χ3n) is 2.52. The molecule has 0 amide bonds. The number of likely N-dealkylation sites (N-methyl/N-ethyl adjacent to an activating group) is 1. The Morgan fingerprint density at radius 1 is 1.36 bits per heavy atom. The van der Waals surface area contributed by atoms with Crippen LogP contribution in [0.25, 0.3) is 0 Å². The second-order valence-electron chi connectivity index (χ2n) is 4.41. The highest BCUT2D eigenvalue weighted by Crippen LogP contribution is 2.16. The zero-order valence-electron chi connectivity index (χ0n) is 9.32. The molecular weight excluding hydrogens is 177 g/mol. The summed E-state index contributed by atoms with van der Waals surface area (Å²) in [6, 6.07) is 5.40. The minimum absolute atomic E-state index is 0.0594. The lowest BCUT2D eigenvalue weighted by atomic mass is 9.94. The predicted molar refractivity (Wildman–Crippen MR) is 58.0 cm³/mol. The second-order valence-corrected chi connectivity index (χ2v) is 4.41. The third kappa shape index (κ3) is 2.81. The molecule has 0 saturated carbocycles. The third-order valence-corrected chi connectivity index (χ3v) is 2.52. The summed E-state index contributed by atoms with van der Waals surface area (Å²) in [6.45, 7) is 6.02. The zero-order chi connectivity index (χ0) is 10.8. The van der Waals surface area contributed by atoms with Gasteiger partial charge in [-0.05, 0) is 51.4 Å². The summed E-state index contributed by atoms with van der Waals surface area (Å²) in [5, 5.41) is 3.16. The van der Waals surface area contributed by atoms with Gasteiger partial charge in [0, 0.05) is 5.54 Å². The van der Waals surface area contributed by atoms with Crippen LogP contribution in [0.4, 0.5) is 4.39 Å². The van der Waals surface area contributed by atoms with Crippen LogP contribution in [0, 0.1) is 12.7 Å². The Labute approximate surface area is 85.3 Å². The van der Waals surface area contributed by atoms with Crippen LogP contribution >= 0.6 is 0 Å². The van der Waals surface area contributed by atoms with Gasteiger partial charge in [-0.15, -0.1) is 0 Å². The van der Waals surface area contributed by atoms with E-state index in [1.165, 1.54) is 0 Å². The second kappa shape index (κ2) is 4.09. The lowest BCUT2D eigenvalue weighted by Gasteiger charge is -2.24. The van der Waals surface area contributed by atoms with Crippen LogP contribution in [0.15, 0.2) is 18.2 Å². The van der Waals surface area contributed by atoms with E-state index in [1.807, 2.05) is 26.1 Å². The Morgan fingerprint density at radius 2 is 2.00 bits per heavy atom. The van der Waals surface area contributed by atoms with Gasteiger partial charge in [-0.1, -0.05) is 12.1 Å². The zero-order valence-corrected chi connectivity index (χ0v) is 9.32. The van der Waals surface area contributed by atoms with Crippen LogP contribution in [-0.2, 0) is 6.42 Å². The molecule has 0 radical (unpaired) electrons. The lowest BCUT2D eigenvalue weighted by Crippen LogP contribution is -2.38. The molecule has 1 N–H and O–H groups in total. The molecule has 14 heavy (non-hydrogen) atoms. The molecule has 1 aromatic rings. The molecule has 0 atom stereocenters. The standard InChI is InChI=1S/C12H18FN/c1-9-5-6-10(11(13)7-9)8-12(2,3)14-4/h5-7,14H,8H2,1-4H3. The molecule has 0 aromatic heterocycles. The molecule has 1 aromatic carbocycles. The van der Waals surface area contributed by atoms with E-state index >= 15 is 0 Å². The maximum atomic E-state index is 13.5. The summed E-state index contributed by atoms with van der Waals surface area (Å²) < 4.78 is 13.5. The smallest absolute Gasteiger partial charge is 0.126 e. The van der Waals surface area contributed by atoms with Gasteiger partial charge in [-0.3, -0.25) is 0 Å². The highest BCUT2D eigenvalue weighted by atomic mass is 19.1. The Bertz CT molecular complexity index is 318. The van der Waals surface area contributed by atoms with Crippen LogP contribution < -0.4 is 5.32 Å². The average molecular weight is 195 g/mol. The molecule has 0 spiro atoms. The van der Waals surface area contributed by atoms with Crippen molar-refractivity contribution in [3.63, 3.8) is 0 Å². The fourth-order valence-electron chi connectivity index (χ4n) is 1.36. The largest absolute Gasteiger partial charge is 0.314 e. The monoisotopic (exact) mass is 195 g/mol. The van der Waals surface area contributed by atoms with E-state index in [-0.39, 0.29) is 11.4 Å². The topological polar surface area (TPSA) is 12.0 Å². The Hall–Kier alpha value is -0.890. The SMILES string of the molecule is CNC(C)(C)Cc1ccc(C)cc1F. The van der Waals surface area contributed by atoms with Crippen molar-refractivity contribution in [1.82, 2.24) is 5.32 Å². The summed E-state index contributed by atoms with van der Waals surface area (Å²) >= 11 is 0. The maximum absolute atomic E-state index is 13.5. The fraction of sp³-hybridized carbons (Fsp3) is 0.500. The predicted octanol–water partition coefficient (Wildman–Crippen LogP) is 2.67. The van der Waals surface area contributed by atoms with Crippen LogP contribution in [0.2, 0.25) is 0 Å². The van der Waals surface area contributed by atoms with Crippen molar-refractivity contribution in [3.05, 3.63) is 35.1 Å². The van der Waals surface area contributed by atoms with Crippen molar-refractivity contribution in [1.29, 1.82) is 0 Å². The van der Waals surface area contributed by atoms with Crippen molar-refractivity contribution >= 4 is 0 Å².